The summed E-state index contributed by atoms with van der Waals surface area (Å²) < 4.78 is 0. The van der Waals surface area contributed by atoms with E-state index in [1.165, 1.54) is 0 Å². The molecule has 0 saturated carbocycles. The number of hydrogen-bond acceptors (Lipinski definition) is 2. The van der Waals surface area contributed by atoms with Crippen LogP contribution < -0.4 is 5.43 Å². The quantitative estimate of drug-likeness (QED) is 0.717. The molecular weight excluding hydrogens is 254 g/mol. The zero-order chi connectivity index (χ0) is 14.1. The Labute approximate surface area is 114 Å². The van der Waals surface area contributed by atoms with E-state index in [1.54, 1.807) is 12.1 Å². The molecule has 0 aliphatic heterocycles. The molecule has 20 heavy (non-hydrogen) atoms. The molecule has 4 heteroatoms. The SMILES string of the molecule is O=C(O)CCc1ccc2c(=O)c3ccccc3[nH]c2c1. The van der Waals surface area contributed by atoms with E-state index in [2.05, 4.69) is 4.98 Å². The number of fused-ring (bicyclic) bond motifs is 2. The number of hydrogen-bond donors (Lipinski definition) is 2. The third-order valence-electron chi connectivity index (χ3n) is 3.40. The van der Waals surface area contributed by atoms with Crippen molar-refractivity contribution in [3.05, 3.63) is 58.3 Å². The zero-order valence-electron chi connectivity index (χ0n) is 10.7. The molecule has 3 aromatic rings. The molecule has 3 rings (SSSR count). The van der Waals surface area contributed by atoms with Crippen molar-refractivity contribution in [2.75, 3.05) is 0 Å². The van der Waals surface area contributed by atoms with Gasteiger partial charge in [-0.1, -0.05) is 18.2 Å². The van der Waals surface area contributed by atoms with Crippen LogP contribution in [0, 0.1) is 0 Å². The Morgan fingerprint density at radius 1 is 1.05 bits per heavy atom. The van der Waals surface area contributed by atoms with E-state index in [1.807, 2.05) is 30.3 Å². The van der Waals surface area contributed by atoms with E-state index < -0.39 is 5.97 Å². The topological polar surface area (TPSA) is 70.2 Å². The van der Waals surface area contributed by atoms with Gasteiger partial charge < -0.3 is 10.1 Å². The fourth-order valence-electron chi connectivity index (χ4n) is 2.38. The van der Waals surface area contributed by atoms with Crippen LogP contribution in [0.5, 0.6) is 0 Å². The molecule has 0 aliphatic rings. The fraction of sp³-hybridized carbons (Fsp3) is 0.125. The highest BCUT2D eigenvalue weighted by molar-refractivity contribution is 5.92. The van der Waals surface area contributed by atoms with Crippen LogP contribution in [0.3, 0.4) is 0 Å². The monoisotopic (exact) mass is 267 g/mol. The summed E-state index contributed by atoms with van der Waals surface area (Å²) in [7, 11) is 0. The number of aliphatic carboxylic acids is 1. The predicted molar refractivity (Wildman–Crippen MR) is 78.0 cm³/mol. The number of carbonyl (C=O) groups is 1. The number of aromatic nitrogens is 1. The molecule has 0 fully saturated rings. The lowest BCUT2D eigenvalue weighted by molar-refractivity contribution is -0.136. The minimum atomic E-state index is -0.822. The van der Waals surface area contributed by atoms with Crippen molar-refractivity contribution in [3.63, 3.8) is 0 Å². The molecule has 2 aromatic carbocycles. The first-order valence-corrected chi connectivity index (χ1v) is 6.40. The van der Waals surface area contributed by atoms with Gasteiger partial charge in [-0.25, -0.2) is 0 Å². The highest BCUT2D eigenvalue weighted by Gasteiger charge is 2.06. The number of aromatic amines is 1. The number of para-hydroxylation sites is 1. The van der Waals surface area contributed by atoms with E-state index in [9.17, 15) is 9.59 Å². The molecule has 0 bridgehead atoms. The normalized spacial score (nSPS) is 11.0. The van der Waals surface area contributed by atoms with Crippen molar-refractivity contribution in [3.8, 4) is 0 Å². The Bertz CT molecular complexity index is 864. The first-order valence-electron chi connectivity index (χ1n) is 6.40. The maximum absolute atomic E-state index is 12.4. The summed E-state index contributed by atoms with van der Waals surface area (Å²) in [5.74, 6) is -0.822. The Kier molecular flexibility index (Phi) is 2.99. The molecule has 0 atom stereocenters. The van der Waals surface area contributed by atoms with Crippen LogP contribution in [0.1, 0.15) is 12.0 Å². The first kappa shape index (κ1) is 12.4. The van der Waals surface area contributed by atoms with Crippen LogP contribution in [0.4, 0.5) is 0 Å². The molecule has 0 unspecified atom stereocenters. The number of nitrogens with one attached hydrogen (secondary N) is 1. The lowest BCUT2D eigenvalue weighted by atomic mass is 10.0. The van der Waals surface area contributed by atoms with E-state index in [4.69, 9.17) is 5.11 Å². The molecule has 4 nitrogen and oxygen atoms in total. The maximum Gasteiger partial charge on any atom is 0.303 e. The third-order valence-corrected chi connectivity index (χ3v) is 3.40. The number of aryl methyl sites for hydroxylation is 1. The van der Waals surface area contributed by atoms with Gasteiger partial charge >= 0.3 is 5.97 Å². The van der Waals surface area contributed by atoms with Crippen LogP contribution >= 0.6 is 0 Å². The number of carboxylic acid groups (broad SMARTS) is 1. The zero-order valence-corrected chi connectivity index (χ0v) is 10.7. The van der Waals surface area contributed by atoms with E-state index in [0.29, 0.717) is 17.2 Å². The first-order chi connectivity index (χ1) is 9.65. The number of H-pyrrole nitrogens is 1. The van der Waals surface area contributed by atoms with Gasteiger partial charge in [0, 0.05) is 22.7 Å². The van der Waals surface area contributed by atoms with Gasteiger partial charge in [-0.05, 0) is 36.2 Å². The summed E-state index contributed by atoms with van der Waals surface area (Å²) in [6.07, 6.45) is 0.545. The molecule has 0 saturated heterocycles. The summed E-state index contributed by atoms with van der Waals surface area (Å²) in [6, 6.07) is 12.8. The minimum Gasteiger partial charge on any atom is -0.481 e. The smallest absolute Gasteiger partial charge is 0.303 e. The summed E-state index contributed by atoms with van der Waals surface area (Å²) in [5, 5.41) is 10.0. The lowest BCUT2D eigenvalue weighted by Gasteiger charge is -2.05. The summed E-state index contributed by atoms with van der Waals surface area (Å²) in [5.41, 5.74) is 2.45. The average Bonchev–Trinajstić information content (AvgIpc) is 2.45. The molecule has 0 radical (unpaired) electrons. The molecule has 0 amide bonds. The minimum absolute atomic E-state index is 0.000801. The second-order valence-corrected chi connectivity index (χ2v) is 4.77. The molecule has 0 aliphatic carbocycles. The van der Waals surface area contributed by atoms with Gasteiger partial charge in [-0.3, -0.25) is 9.59 Å². The standard InChI is InChI=1S/C16H13NO3/c18-15(19)8-6-10-5-7-12-14(9-10)17-13-4-2-1-3-11(13)16(12)20/h1-5,7,9H,6,8H2,(H,17,20)(H,18,19). The van der Waals surface area contributed by atoms with Gasteiger partial charge in [0.1, 0.15) is 0 Å². The summed E-state index contributed by atoms with van der Waals surface area (Å²) in [6.45, 7) is 0. The van der Waals surface area contributed by atoms with E-state index >= 15 is 0 Å². The van der Waals surface area contributed by atoms with Crippen LogP contribution in [0.2, 0.25) is 0 Å². The van der Waals surface area contributed by atoms with Crippen LogP contribution in [-0.4, -0.2) is 16.1 Å². The highest BCUT2D eigenvalue weighted by atomic mass is 16.4. The van der Waals surface area contributed by atoms with Crippen molar-refractivity contribution >= 4 is 27.8 Å². The van der Waals surface area contributed by atoms with Crippen LogP contribution in [0.15, 0.2) is 47.3 Å². The average molecular weight is 267 g/mol. The van der Waals surface area contributed by atoms with Gasteiger partial charge in [0.2, 0.25) is 0 Å². The third kappa shape index (κ3) is 2.16. The van der Waals surface area contributed by atoms with Gasteiger partial charge in [-0.2, -0.15) is 0 Å². The number of pyridine rings is 1. The number of carboxylic acids is 1. The Morgan fingerprint density at radius 2 is 1.80 bits per heavy atom. The molecule has 1 aromatic heterocycles. The van der Waals surface area contributed by atoms with Gasteiger partial charge in [0.15, 0.2) is 5.43 Å². The van der Waals surface area contributed by atoms with E-state index in [0.717, 1.165) is 16.6 Å². The van der Waals surface area contributed by atoms with Crippen molar-refractivity contribution in [2.24, 2.45) is 0 Å². The van der Waals surface area contributed by atoms with E-state index in [-0.39, 0.29) is 11.8 Å². The van der Waals surface area contributed by atoms with Crippen molar-refractivity contribution in [2.45, 2.75) is 12.8 Å². The number of benzene rings is 2. The van der Waals surface area contributed by atoms with Crippen LogP contribution in [0.25, 0.3) is 21.8 Å². The molecule has 100 valence electrons. The van der Waals surface area contributed by atoms with Crippen molar-refractivity contribution < 1.29 is 9.90 Å². The molecular formula is C16H13NO3. The van der Waals surface area contributed by atoms with Crippen molar-refractivity contribution in [1.29, 1.82) is 0 Å². The maximum atomic E-state index is 12.4. The van der Waals surface area contributed by atoms with Gasteiger partial charge in [-0.15, -0.1) is 0 Å². The summed E-state index contributed by atoms with van der Waals surface area (Å²) >= 11 is 0. The Morgan fingerprint density at radius 3 is 2.60 bits per heavy atom. The van der Waals surface area contributed by atoms with Crippen molar-refractivity contribution in [1.82, 2.24) is 4.98 Å². The molecule has 2 N–H and O–H groups in total. The highest BCUT2D eigenvalue weighted by Crippen LogP contribution is 2.16. The number of rotatable bonds is 3. The van der Waals surface area contributed by atoms with Crippen LogP contribution in [-0.2, 0) is 11.2 Å². The molecule has 1 heterocycles. The predicted octanol–water partition coefficient (Wildman–Crippen LogP) is 2.70. The summed E-state index contributed by atoms with van der Waals surface area (Å²) in [4.78, 5) is 26.2. The second-order valence-electron chi connectivity index (χ2n) is 4.77. The fourth-order valence-corrected chi connectivity index (χ4v) is 2.38. The Balaban J connectivity index is 2.17. The van der Waals surface area contributed by atoms with Gasteiger partial charge in [0.25, 0.3) is 0 Å². The lowest BCUT2D eigenvalue weighted by Crippen LogP contribution is -2.04. The largest absolute Gasteiger partial charge is 0.481 e. The van der Waals surface area contributed by atoms with Gasteiger partial charge in [0.05, 0.1) is 5.52 Å². The Hall–Kier alpha value is -2.62. The second kappa shape index (κ2) is 4.81. The molecule has 0 spiro atoms.